The number of nitrogens with zero attached hydrogens (tertiary/aromatic N) is 1. The Hall–Kier alpha value is -5.82. The molecule has 9 rings (SSSR count). The molecular formula is C52H48BrNO4. The molecule has 0 N–H and O–H groups in total. The Morgan fingerprint density at radius 2 is 1.10 bits per heavy atom. The van der Waals surface area contributed by atoms with Crippen LogP contribution in [0.3, 0.4) is 0 Å². The van der Waals surface area contributed by atoms with Crippen molar-refractivity contribution < 1.29 is 40.4 Å². The van der Waals surface area contributed by atoms with Crippen molar-refractivity contribution >= 4 is 0 Å². The topological polar surface area (TPSA) is 36.9 Å². The van der Waals surface area contributed by atoms with E-state index in [1.165, 1.54) is 27.8 Å². The largest absolute Gasteiger partial charge is 1.00 e. The standard InChI is InChI=1S/C52H48NO4.BrH/c1-54-50-33-41-29-30-53(36-42-31-47(56-37-39-15-7-3-8-16-39)28-25-40(42)32-49(53)48(41)34-51(50)55-2)35-38-23-26-46(27-24-38)57-52(43-17-9-4-10-18-43,44-19-11-5-12-20-44)45-21-13-6-14-22-45;/h3-28,31,33-34,49H,29-30,32,35-37H2,1-2H3;1H/q+1;/p-1/t49-,53+;/m0./s1. The van der Waals surface area contributed by atoms with Gasteiger partial charge in [-0.25, -0.2) is 0 Å². The highest BCUT2D eigenvalue weighted by Crippen LogP contribution is 2.49. The number of methoxy groups -OCH3 is 2. The molecule has 0 amide bonds. The van der Waals surface area contributed by atoms with E-state index in [0.717, 1.165) is 82.2 Å². The number of benzene rings is 7. The number of rotatable bonds is 12. The smallest absolute Gasteiger partial charge is 0.184 e. The molecular weight excluding hydrogens is 782 g/mol. The molecule has 6 heteroatoms. The van der Waals surface area contributed by atoms with Gasteiger partial charge >= 0.3 is 0 Å². The first-order chi connectivity index (χ1) is 28.1. The Balaban J connectivity index is 0.00000469. The molecule has 0 fully saturated rings. The molecule has 2 atom stereocenters. The summed E-state index contributed by atoms with van der Waals surface area (Å²) >= 11 is 0. The lowest BCUT2D eigenvalue weighted by atomic mass is 9.80. The van der Waals surface area contributed by atoms with Crippen LogP contribution in [0.2, 0.25) is 0 Å². The van der Waals surface area contributed by atoms with Crippen molar-refractivity contribution in [1.29, 1.82) is 0 Å². The van der Waals surface area contributed by atoms with Crippen molar-refractivity contribution in [1.82, 2.24) is 0 Å². The van der Waals surface area contributed by atoms with Crippen LogP contribution >= 0.6 is 0 Å². The summed E-state index contributed by atoms with van der Waals surface area (Å²) in [5, 5.41) is 0. The van der Waals surface area contributed by atoms with Gasteiger partial charge in [0.1, 0.15) is 37.2 Å². The Bertz CT molecular complexity index is 2350. The average molecular weight is 831 g/mol. The normalized spacial score (nSPS) is 16.8. The summed E-state index contributed by atoms with van der Waals surface area (Å²) in [6, 6.07) is 62.3. The second-order valence-electron chi connectivity index (χ2n) is 15.4. The minimum absolute atomic E-state index is 0. The zero-order valence-corrected chi connectivity index (χ0v) is 34.6. The molecule has 0 aliphatic carbocycles. The zero-order valence-electron chi connectivity index (χ0n) is 33.0. The molecule has 0 radical (unpaired) electrons. The fourth-order valence-corrected chi connectivity index (χ4v) is 9.22. The Morgan fingerprint density at radius 1 is 0.552 bits per heavy atom. The lowest BCUT2D eigenvalue weighted by Gasteiger charge is -2.51. The number of quaternary nitrogens is 1. The van der Waals surface area contributed by atoms with Crippen LogP contribution in [0.1, 0.15) is 56.1 Å². The molecule has 7 aromatic carbocycles. The van der Waals surface area contributed by atoms with E-state index in [1.54, 1.807) is 14.2 Å². The molecule has 0 spiro atoms. The monoisotopic (exact) mass is 829 g/mol. The van der Waals surface area contributed by atoms with E-state index in [9.17, 15) is 0 Å². The summed E-state index contributed by atoms with van der Waals surface area (Å²) in [6.07, 6.45) is 1.90. The SMILES string of the molecule is COc1cc2c(cc1OC)[C@@H]1Cc3ccc(OCc4ccccc4)cc3C[N@+]1(Cc1ccc(OC(c3ccccc3)(c3ccccc3)c3ccccc3)cc1)CC2.[Br-]. The van der Waals surface area contributed by atoms with Gasteiger partial charge in [0.25, 0.3) is 0 Å². The summed E-state index contributed by atoms with van der Waals surface area (Å²) in [6.45, 7) is 3.35. The van der Waals surface area contributed by atoms with Crippen LogP contribution in [0, 0.1) is 0 Å². The number of halogens is 1. The summed E-state index contributed by atoms with van der Waals surface area (Å²) in [7, 11) is 3.45. The maximum absolute atomic E-state index is 7.27. The molecule has 0 unspecified atom stereocenters. The maximum atomic E-state index is 7.27. The fourth-order valence-electron chi connectivity index (χ4n) is 9.22. The molecule has 2 heterocycles. The maximum Gasteiger partial charge on any atom is 0.184 e. The van der Waals surface area contributed by atoms with E-state index in [4.69, 9.17) is 18.9 Å². The second kappa shape index (κ2) is 17.0. The lowest BCUT2D eigenvalue weighted by Crippen LogP contribution is -3.00. The minimum Gasteiger partial charge on any atom is -1.00 e. The van der Waals surface area contributed by atoms with E-state index in [-0.39, 0.29) is 23.0 Å². The highest BCUT2D eigenvalue weighted by atomic mass is 79.9. The molecule has 2 aliphatic rings. The van der Waals surface area contributed by atoms with E-state index >= 15 is 0 Å². The molecule has 0 bridgehead atoms. The van der Waals surface area contributed by atoms with Gasteiger partial charge in [-0.05, 0) is 65.2 Å². The fraction of sp³-hybridized carbons (Fsp3) is 0.192. The van der Waals surface area contributed by atoms with E-state index in [1.807, 2.05) is 6.07 Å². The Labute approximate surface area is 352 Å². The van der Waals surface area contributed by atoms with Crippen LogP contribution in [0.5, 0.6) is 23.0 Å². The number of ether oxygens (including phenoxy) is 4. The first-order valence-electron chi connectivity index (χ1n) is 19.9. The van der Waals surface area contributed by atoms with Gasteiger partial charge in [0.05, 0.1) is 20.8 Å². The van der Waals surface area contributed by atoms with Crippen molar-refractivity contribution in [2.75, 3.05) is 20.8 Å². The van der Waals surface area contributed by atoms with Crippen molar-refractivity contribution in [2.45, 2.75) is 44.2 Å². The first-order valence-corrected chi connectivity index (χ1v) is 19.9. The molecule has 58 heavy (non-hydrogen) atoms. The predicted octanol–water partition coefficient (Wildman–Crippen LogP) is 8.03. The molecule has 7 aromatic rings. The van der Waals surface area contributed by atoms with Gasteiger partial charge in [-0.1, -0.05) is 127 Å². The zero-order chi connectivity index (χ0) is 38.7. The van der Waals surface area contributed by atoms with Crippen LogP contribution in [0.15, 0.2) is 176 Å². The molecule has 292 valence electrons. The number of fused-ring (bicyclic) bond motifs is 4. The third-order valence-corrected chi connectivity index (χ3v) is 12.0. The van der Waals surface area contributed by atoms with Crippen molar-refractivity contribution in [3.8, 4) is 23.0 Å². The van der Waals surface area contributed by atoms with Gasteiger partial charge in [-0.3, -0.25) is 0 Å². The highest BCUT2D eigenvalue weighted by molar-refractivity contribution is 5.51. The van der Waals surface area contributed by atoms with E-state index in [0.29, 0.717) is 6.61 Å². The van der Waals surface area contributed by atoms with Gasteiger partial charge in [-0.2, -0.15) is 0 Å². The molecule has 0 saturated heterocycles. The Kier molecular flexibility index (Phi) is 11.4. The van der Waals surface area contributed by atoms with E-state index < -0.39 is 5.60 Å². The molecule has 2 aliphatic heterocycles. The quantitative estimate of drug-likeness (QED) is 0.0925. The van der Waals surface area contributed by atoms with Gasteiger partial charge in [0.15, 0.2) is 17.1 Å². The number of hydrogen-bond donors (Lipinski definition) is 0. The third kappa shape index (κ3) is 7.50. The summed E-state index contributed by atoms with van der Waals surface area (Å²) < 4.78 is 26.2. The van der Waals surface area contributed by atoms with Crippen LogP contribution < -0.4 is 35.9 Å². The third-order valence-electron chi connectivity index (χ3n) is 12.0. The van der Waals surface area contributed by atoms with Crippen LogP contribution in [0.25, 0.3) is 0 Å². The molecule has 0 saturated carbocycles. The highest BCUT2D eigenvalue weighted by Gasteiger charge is 2.47. The lowest BCUT2D eigenvalue weighted by molar-refractivity contribution is -0.985. The van der Waals surface area contributed by atoms with Crippen molar-refractivity contribution in [3.05, 3.63) is 226 Å². The summed E-state index contributed by atoms with van der Waals surface area (Å²) in [5.41, 5.74) is 10.3. The van der Waals surface area contributed by atoms with Gasteiger partial charge in [-0.15, -0.1) is 0 Å². The van der Waals surface area contributed by atoms with Gasteiger partial charge < -0.3 is 40.4 Å². The predicted molar refractivity (Wildman–Crippen MR) is 226 cm³/mol. The van der Waals surface area contributed by atoms with E-state index in [2.05, 4.69) is 170 Å². The summed E-state index contributed by atoms with van der Waals surface area (Å²) in [4.78, 5) is 0. The Morgan fingerprint density at radius 3 is 1.69 bits per heavy atom. The van der Waals surface area contributed by atoms with Crippen LogP contribution in [-0.2, 0) is 38.1 Å². The number of hydrogen-bond acceptors (Lipinski definition) is 4. The second-order valence-corrected chi connectivity index (χ2v) is 15.4. The van der Waals surface area contributed by atoms with Crippen molar-refractivity contribution in [3.63, 3.8) is 0 Å². The van der Waals surface area contributed by atoms with Gasteiger partial charge in [0.2, 0.25) is 0 Å². The van der Waals surface area contributed by atoms with Crippen LogP contribution in [0.4, 0.5) is 0 Å². The van der Waals surface area contributed by atoms with Crippen LogP contribution in [-0.4, -0.2) is 25.2 Å². The van der Waals surface area contributed by atoms with Crippen molar-refractivity contribution in [2.24, 2.45) is 0 Å². The summed E-state index contributed by atoms with van der Waals surface area (Å²) in [5.74, 6) is 3.31. The molecule has 0 aromatic heterocycles. The minimum atomic E-state index is -0.842. The average Bonchev–Trinajstić information content (AvgIpc) is 3.28. The molecule has 5 nitrogen and oxygen atoms in total. The first kappa shape index (κ1) is 39.0. The van der Waals surface area contributed by atoms with Gasteiger partial charge in [0, 0.05) is 46.2 Å².